The van der Waals surface area contributed by atoms with E-state index in [1.807, 2.05) is 32.9 Å². The van der Waals surface area contributed by atoms with E-state index >= 15 is 0 Å². The van der Waals surface area contributed by atoms with Crippen LogP contribution in [0.15, 0.2) is 45.6 Å². The fraction of sp³-hybridized carbons (Fsp3) is 0.238. The van der Waals surface area contributed by atoms with Crippen molar-refractivity contribution in [2.45, 2.75) is 27.4 Å². The number of hydrogen-bond acceptors (Lipinski definition) is 5. The molecular weight excluding hydrogens is 368 g/mol. The highest BCUT2D eigenvalue weighted by Crippen LogP contribution is 2.25. The lowest BCUT2D eigenvalue weighted by Crippen LogP contribution is -2.16. The Hall–Kier alpha value is -2.79. The Bertz CT molecular complexity index is 1070. The summed E-state index contributed by atoms with van der Waals surface area (Å²) in [6, 6.07) is 10.3. The molecule has 6 heteroatoms. The maximum Gasteiger partial charge on any atom is 0.344 e. The normalized spacial score (nSPS) is 10.8. The second kappa shape index (κ2) is 7.84. The molecule has 3 rings (SSSR count). The van der Waals surface area contributed by atoms with Gasteiger partial charge in [0, 0.05) is 22.0 Å². The van der Waals surface area contributed by atoms with Crippen LogP contribution < -0.4 is 10.4 Å². The number of esters is 1. The number of hydrogen-bond donors (Lipinski definition) is 0. The molecule has 0 aliphatic carbocycles. The lowest BCUT2D eigenvalue weighted by atomic mass is 10.1. The van der Waals surface area contributed by atoms with E-state index in [4.69, 9.17) is 25.5 Å². The lowest BCUT2D eigenvalue weighted by Gasteiger charge is -2.11. The van der Waals surface area contributed by atoms with Crippen LogP contribution in [0.5, 0.6) is 5.75 Å². The summed E-state index contributed by atoms with van der Waals surface area (Å²) in [6.45, 7) is 5.43. The van der Waals surface area contributed by atoms with Gasteiger partial charge in [0.25, 0.3) is 0 Å². The largest absolute Gasteiger partial charge is 0.482 e. The first kappa shape index (κ1) is 19.0. The number of rotatable bonds is 5. The molecule has 0 saturated heterocycles. The van der Waals surface area contributed by atoms with Gasteiger partial charge in [-0.15, -0.1) is 0 Å². The van der Waals surface area contributed by atoms with E-state index in [0.29, 0.717) is 27.3 Å². The predicted octanol–water partition coefficient (Wildman–Crippen LogP) is 4.49. The Labute approximate surface area is 161 Å². The maximum atomic E-state index is 12.1. The van der Waals surface area contributed by atoms with Gasteiger partial charge in [0.2, 0.25) is 0 Å². The Morgan fingerprint density at radius 2 is 1.89 bits per heavy atom. The molecule has 0 unspecified atom stereocenters. The zero-order valence-corrected chi connectivity index (χ0v) is 16.1. The molecule has 2 aromatic carbocycles. The van der Waals surface area contributed by atoms with Crippen molar-refractivity contribution in [3.8, 4) is 5.75 Å². The van der Waals surface area contributed by atoms with Crippen molar-refractivity contribution < 1.29 is 18.7 Å². The van der Waals surface area contributed by atoms with Crippen LogP contribution in [0.4, 0.5) is 0 Å². The summed E-state index contributed by atoms with van der Waals surface area (Å²) in [5, 5.41) is 1.18. The number of halogens is 1. The number of ether oxygens (including phenoxy) is 2. The SMILES string of the molecule is Cc1cc2oc(=O)cc(COC(=O)COc3cccc(C)c3C)c2cc1Cl. The van der Waals surface area contributed by atoms with E-state index in [2.05, 4.69) is 0 Å². The van der Waals surface area contributed by atoms with E-state index in [-0.39, 0.29) is 13.2 Å². The van der Waals surface area contributed by atoms with Gasteiger partial charge in [-0.3, -0.25) is 0 Å². The number of carbonyl (C=O) groups is 1. The van der Waals surface area contributed by atoms with Gasteiger partial charge in [-0.25, -0.2) is 9.59 Å². The minimum absolute atomic E-state index is 0.0729. The zero-order valence-electron chi connectivity index (χ0n) is 15.3. The molecule has 27 heavy (non-hydrogen) atoms. The lowest BCUT2D eigenvalue weighted by molar-refractivity contribution is -0.147. The van der Waals surface area contributed by atoms with Gasteiger partial charge in [0.15, 0.2) is 6.61 Å². The minimum atomic E-state index is -0.532. The van der Waals surface area contributed by atoms with E-state index < -0.39 is 11.6 Å². The molecular formula is C21H19ClO5. The molecule has 0 aliphatic rings. The topological polar surface area (TPSA) is 65.7 Å². The summed E-state index contributed by atoms with van der Waals surface area (Å²) in [7, 11) is 0. The number of carbonyl (C=O) groups excluding carboxylic acids is 1. The molecule has 0 saturated carbocycles. The monoisotopic (exact) mass is 386 g/mol. The van der Waals surface area contributed by atoms with Crippen LogP contribution in [-0.2, 0) is 16.1 Å². The van der Waals surface area contributed by atoms with E-state index in [1.165, 1.54) is 6.07 Å². The third-order valence-electron chi connectivity index (χ3n) is 4.40. The minimum Gasteiger partial charge on any atom is -0.482 e. The van der Waals surface area contributed by atoms with Gasteiger partial charge in [-0.2, -0.15) is 0 Å². The zero-order chi connectivity index (χ0) is 19.6. The number of aryl methyl sites for hydroxylation is 2. The van der Waals surface area contributed by atoms with Gasteiger partial charge < -0.3 is 13.9 Å². The van der Waals surface area contributed by atoms with Crippen LogP contribution in [0.3, 0.4) is 0 Å². The van der Waals surface area contributed by atoms with Crippen molar-refractivity contribution in [3.05, 3.63) is 74.1 Å². The average molecular weight is 387 g/mol. The summed E-state index contributed by atoms with van der Waals surface area (Å²) in [4.78, 5) is 23.8. The fourth-order valence-electron chi connectivity index (χ4n) is 2.68. The molecule has 0 atom stereocenters. The Morgan fingerprint density at radius 3 is 2.67 bits per heavy atom. The molecule has 140 valence electrons. The first-order valence-corrected chi connectivity index (χ1v) is 8.80. The van der Waals surface area contributed by atoms with Crippen LogP contribution in [0.25, 0.3) is 11.0 Å². The van der Waals surface area contributed by atoms with Gasteiger partial charge in [0.05, 0.1) is 0 Å². The van der Waals surface area contributed by atoms with Gasteiger partial charge in [-0.05, 0) is 55.7 Å². The second-order valence-corrected chi connectivity index (χ2v) is 6.74. The molecule has 0 bridgehead atoms. The second-order valence-electron chi connectivity index (χ2n) is 6.34. The summed E-state index contributed by atoms with van der Waals surface area (Å²) >= 11 is 6.16. The highest BCUT2D eigenvalue weighted by molar-refractivity contribution is 6.32. The van der Waals surface area contributed by atoms with Crippen molar-refractivity contribution in [2.75, 3.05) is 6.61 Å². The third kappa shape index (κ3) is 4.31. The Kier molecular flexibility index (Phi) is 5.51. The summed E-state index contributed by atoms with van der Waals surface area (Å²) < 4.78 is 16.0. The van der Waals surface area contributed by atoms with Crippen LogP contribution in [0, 0.1) is 20.8 Å². The van der Waals surface area contributed by atoms with Gasteiger partial charge in [0.1, 0.15) is 17.9 Å². The van der Waals surface area contributed by atoms with Crippen molar-refractivity contribution in [1.29, 1.82) is 0 Å². The van der Waals surface area contributed by atoms with Crippen molar-refractivity contribution in [2.24, 2.45) is 0 Å². The van der Waals surface area contributed by atoms with Crippen molar-refractivity contribution >= 4 is 28.5 Å². The van der Waals surface area contributed by atoms with Crippen LogP contribution in [-0.4, -0.2) is 12.6 Å². The summed E-state index contributed by atoms with van der Waals surface area (Å²) in [5.74, 6) is 0.107. The molecule has 0 spiro atoms. The molecule has 1 heterocycles. The Morgan fingerprint density at radius 1 is 1.11 bits per heavy atom. The van der Waals surface area contributed by atoms with E-state index in [1.54, 1.807) is 18.2 Å². The van der Waals surface area contributed by atoms with E-state index in [0.717, 1.165) is 16.7 Å². The highest BCUT2D eigenvalue weighted by atomic mass is 35.5. The third-order valence-corrected chi connectivity index (χ3v) is 4.81. The van der Waals surface area contributed by atoms with Crippen LogP contribution in [0.1, 0.15) is 22.3 Å². The molecule has 0 N–H and O–H groups in total. The smallest absolute Gasteiger partial charge is 0.344 e. The molecule has 1 aromatic heterocycles. The maximum absolute atomic E-state index is 12.1. The molecule has 3 aromatic rings. The van der Waals surface area contributed by atoms with Crippen LogP contribution in [0.2, 0.25) is 5.02 Å². The molecule has 0 amide bonds. The molecule has 5 nitrogen and oxygen atoms in total. The Balaban J connectivity index is 1.71. The molecule has 0 fully saturated rings. The van der Waals surface area contributed by atoms with Crippen LogP contribution >= 0.6 is 11.6 Å². The fourth-order valence-corrected chi connectivity index (χ4v) is 2.85. The first-order valence-electron chi connectivity index (χ1n) is 8.42. The molecule has 0 aliphatic heterocycles. The quantitative estimate of drug-likeness (QED) is 0.477. The van der Waals surface area contributed by atoms with Gasteiger partial charge >= 0.3 is 11.6 Å². The van der Waals surface area contributed by atoms with Crippen molar-refractivity contribution in [3.63, 3.8) is 0 Å². The summed E-state index contributed by atoms with van der Waals surface area (Å²) in [6.07, 6.45) is 0. The van der Waals surface area contributed by atoms with Gasteiger partial charge in [-0.1, -0.05) is 23.7 Å². The molecule has 0 radical (unpaired) electrons. The number of fused-ring (bicyclic) bond motifs is 1. The first-order chi connectivity index (χ1) is 12.8. The average Bonchev–Trinajstić information content (AvgIpc) is 2.62. The standard InChI is InChI=1S/C21H19ClO5/c1-12-5-4-6-18(14(12)3)25-11-21(24)26-10-15-8-20(23)27-19-7-13(2)17(22)9-16(15)19/h4-9H,10-11H2,1-3H3. The van der Waals surface area contributed by atoms with E-state index in [9.17, 15) is 9.59 Å². The summed E-state index contributed by atoms with van der Waals surface area (Å²) in [5.41, 5.74) is 3.27. The number of benzene rings is 2. The highest BCUT2D eigenvalue weighted by Gasteiger charge is 2.12. The van der Waals surface area contributed by atoms with Crippen molar-refractivity contribution in [1.82, 2.24) is 0 Å². The predicted molar refractivity (Wildman–Crippen MR) is 103 cm³/mol.